The van der Waals surface area contributed by atoms with Crippen molar-refractivity contribution in [1.82, 2.24) is 4.72 Å². The number of hydrogen-bond acceptors (Lipinski definition) is 3. The molecular weight excluding hydrogens is 262 g/mol. The second-order valence-corrected chi connectivity index (χ2v) is 7.31. The lowest BCUT2D eigenvalue weighted by Gasteiger charge is -2.15. The molecule has 1 aliphatic carbocycles. The van der Waals surface area contributed by atoms with E-state index in [4.69, 9.17) is 5.11 Å². The van der Waals surface area contributed by atoms with Crippen LogP contribution < -0.4 is 4.72 Å². The van der Waals surface area contributed by atoms with Crippen LogP contribution in [0.15, 0.2) is 23.1 Å². The van der Waals surface area contributed by atoms with Crippen molar-refractivity contribution in [2.45, 2.75) is 38.0 Å². The van der Waals surface area contributed by atoms with E-state index in [1.165, 1.54) is 0 Å². The Bertz CT molecular complexity index is 562. The van der Waals surface area contributed by atoms with Crippen molar-refractivity contribution in [3.8, 4) is 0 Å². The van der Waals surface area contributed by atoms with E-state index in [0.29, 0.717) is 17.9 Å². The lowest BCUT2D eigenvalue weighted by atomic mass is 10.0. The molecule has 2 rings (SSSR count). The fourth-order valence-electron chi connectivity index (χ4n) is 2.14. The van der Waals surface area contributed by atoms with E-state index in [9.17, 15) is 8.42 Å². The maximum absolute atomic E-state index is 12.2. The number of aliphatic hydroxyl groups is 1. The monoisotopic (exact) mass is 283 g/mol. The molecule has 0 aromatic heterocycles. The number of hydrogen-bond donors (Lipinski definition) is 2. The first-order valence-corrected chi connectivity index (χ1v) is 8.05. The summed E-state index contributed by atoms with van der Waals surface area (Å²) in [5, 5.41) is 8.98. The van der Waals surface area contributed by atoms with E-state index in [1.807, 2.05) is 19.9 Å². The topological polar surface area (TPSA) is 66.4 Å². The van der Waals surface area contributed by atoms with Gasteiger partial charge in [0.15, 0.2) is 0 Å². The van der Waals surface area contributed by atoms with Gasteiger partial charge >= 0.3 is 0 Å². The SMILES string of the molecule is Cc1ccc(S(=O)(=O)NCC2(CCO)CC2)cc1C. The van der Waals surface area contributed by atoms with Crippen molar-refractivity contribution in [3.05, 3.63) is 29.3 Å². The molecule has 0 aliphatic heterocycles. The molecule has 0 bridgehead atoms. The summed E-state index contributed by atoms with van der Waals surface area (Å²) in [5.74, 6) is 0. The van der Waals surface area contributed by atoms with Crippen molar-refractivity contribution in [2.24, 2.45) is 5.41 Å². The Morgan fingerprint density at radius 2 is 1.95 bits per heavy atom. The summed E-state index contributed by atoms with van der Waals surface area (Å²) in [6.45, 7) is 4.40. The quantitative estimate of drug-likeness (QED) is 0.836. The molecule has 0 saturated heterocycles. The first-order chi connectivity index (χ1) is 8.88. The van der Waals surface area contributed by atoms with E-state index in [1.54, 1.807) is 12.1 Å². The molecule has 1 aromatic rings. The van der Waals surface area contributed by atoms with Crippen molar-refractivity contribution in [3.63, 3.8) is 0 Å². The zero-order valence-electron chi connectivity index (χ0n) is 11.4. The molecule has 2 N–H and O–H groups in total. The van der Waals surface area contributed by atoms with Crippen LogP contribution in [0.3, 0.4) is 0 Å². The summed E-state index contributed by atoms with van der Waals surface area (Å²) >= 11 is 0. The molecular formula is C14H21NO3S. The molecule has 0 radical (unpaired) electrons. The number of aliphatic hydroxyl groups excluding tert-OH is 1. The number of sulfonamides is 1. The predicted molar refractivity (Wildman–Crippen MR) is 74.5 cm³/mol. The van der Waals surface area contributed by atoms with Crippen LogP contribution in [-0.2, 0) is 10.0 Å². The van der Waals surface area contributed by atoms with Gasteiger partial charge in [-0.15, -0.1) is 0 Å². The third kappa shape index (κ3) is 3.35. The minimum atomic E-state index is -3.44. The number of rotatable bonds is 6. The first-order valence-electron chi connectivity index (χ1n) is 6.56. The molecule has 0 heterocycles. The van der Waals surface area contributed by atoms with Gasteiger partial charge in [-0.1, -0.05) is 6.07 Å². The molecule has 4 nitrogen and oxygen atoms in total. The summed E-state index contributed by atoms with van der Waals surface area (Å²) < 4.78 is 27.1. The minimum absolute atomic E-state index is 0.0123. The second-order valence-electron chi connectivity index (χ2n) is 5.54. The maximum atomic E-state index is 12.2. The van der Waals surface area contributed by atoms with E-state index < -0.39 is 10.0 Å². The van der Waals surface area contributed by atoms with E-state index in [-0.39, 0.29) is 12.0 Å². The molecule has 0 spiro atoms. The summed E-state index contributed by atoms with van der Waals surface area (Å²) in [6.07, 6.45) is 2.65. The minimum Gasteiger partial charge on any atom is -0.396 e. The average molecular weight is 283 g/mol. The fraction of sp³-hybridized carbons (Fsp3) is 0.571. The fourth-order valence-corrected chi connectivity index (χ4v) is 3.38. The molecule has 0 atom stereocenters. The Kier molecular flexibility index (Phi) is 3.99. The van der Waals surface area contributed by atoms with Crippen LogP contribution in [0.5, 0.6) is 0 Å². The summed E-state index contributed by atoms with van der Waals surface area (Å²) in [4.78, 5) is 0.315. The number of aryl methyl sites for hydroxylation is 2. The molecule has 0 amide bonds. The average Bonchev–Trinajstić information content (AvgIpc) is 3.11. The number of nitrogens with one attached hydrogen (secondary N) is 1. The molecule has 19 heavy (non-hydrogen) atoms. The van der Waals surface area contributed by atoms with Crippen LogP contribution in [0.4, 0.5) is 0 Å². The highest BCUT2D eigenvalue weighted by Crippen LogP contribution is 2.48. The molecule has 0 unspecified atom stereocenters. The largest absolute Gasteiger partial charge is 0.396 e. The van der Waals surface area contributed by atoms with Crippen molar-refractivity contribution < 1.29 is 13.5 Å². The van der Waals surface area contributed by atoms with Gasteiger partial charge in [0, 0.05) is 13.2 Å². The molecule has 106 valence electrons. The van der Waals surface area contributed by atoms with Crippen LogP contribution >= 0.6 is 0 Å². The molecule has 1 aliphatic rings. The van der Waals surface area contributed by atoms with Crippen LogP contribution in [-0.4, -0.2) is 26.7 Å². The van der Waals surface area contributed by atoms with Gasteiger partial charge in [0.2, 0.25) is 10.0 Å². The highest BCUT2D eigenvalue weighted by atomic mass is 32.2. The standard InChI is InChI=1S/C14H21NO3S/c1-11-3-4-13(9-12(11)2)19(17,18)15-10-14(5-6-14)7-8-16/h3-4,9,15-16H,5-8,10H2,1-2H3. The molecule has 1 fully saturated rings. The smallest absolute Gasteiger partial charge is 0.240 e. The predicted octanol–water partition coefficient (Wildman–Crippen LogP) is 1.74. The maximum Gasteiger partial charge on any atom is 0.240 e. The number of benzene rings is 1. The summed E-state index contributed by atoms with van der Waals surface area (Å²) in [6, 6.07) is 5.16. The first kappa shape index (κ1) is 14.5. The van der Waals surface area contributed by atoms with Gasteiger partial charge in [0.25, 0.3) is 0 Å². The Labute approximate surface area is 114 Å². The Morgan fingerprint density at radius 3 is 2.47 bits per heavy atom. The summed E-state index contributed by atoms with van der Waals surface area (Å²) in [5.41, 5.74) is 2.04. The van der Waals surface area contributed by atoms with E-state index >= 15 is 0 Å². The Morgan fingerprint density at radius 1 is 1.26 bits per heavy atom. The molecule has 1 saturated carbocycles. The Balaban J connectivity index is 2.08. The van der Waals surface area contributed by atoms with Crippen molar-refractivity contribution in [1.29, 1.82) is 0 Å². The van der Waals surface area contributed by atoms with Gasteiger partial charge in [-0.25, -0.2) is 13.1 Å². The highest BCUT2D eigenvalue weighted by Gasteiger charge is 2.42. The third-order valence-corrected chi connectivity index (χ3v) is 5.42. The zero-order valence-corrected chi connectivity index (χ0v) is 12.3. The lowest BCUT2D eigenvalue weighted by Crippen LogP contribution is -2.30. The van der Waals surface area contributed by atoms with Gasteiger partial charge in [0.05, 0.1) is 4.90 Å². The lowest BCUT2D eigenvalue weighted by molar-refractivity contribution is 0.249. The van der Waals surface area contributed by atoms with Crippen molar-refractivity contribution >= 4 is 10.0 Å². The van der Waals surface area contributed by atoms with Gasteiger partial charge in [-0.05, 0) is 61.8 Å². The van der Waals surface area contributed by atoms with Crippen molar-refractivity contribution in [2.75, 3.05) is 13.2 Å². The van der Waals surface area contributed by atoms with Crippen LogP contribution in [0.1, 0.15) is 30.4 Å². The summed E-state index contributed by atoms with van der Waals surface area (Å²) in [7, 11) is -3.44. The van der Waals surface area contributed by atoms with Gasteiger partial charge < -0.3 is 5.11 Å². The van der Waals surface area contributed by atoms with Gasteiger partial charge in [-0.3, -0.25) is 0 Å². The van der Waals surface area contributed by atoms with Gasteiger partial charge in [0.1, 0.15) is 0 Å². The van der Waals surface area contributed by atoms with E-state index in [2.05, 4.69) is 4.72 Å². The van der Waals surface area contributed by atoms with Crippen LogP contribution in [0.25, 0.3) is 0 Å². The highest BCUT2D eigenvalue weighted by molar-refractivity contribution is 7.89. The van der Waals surface area contributed by atoms with E-state index in [0.717, 1.165) is 24.0 Å². The molecule has 1 aromatic carbocycles. The van der Waals surface area contributed by atoms with Crippen LogP contribution in [0.2, 0.25) is 0 Å². The third-order valence-electron chi connectivity index (χ3n) is 4.03. The van der Waals surface area contributed by atoms with Crippen LogP contribution in [0, 0.1) is 19.3 Å². The zero-order chi connectivity index (χ0) is 14.1. The molecule has 5 heteroatoms. The normalized spacial score (nSPS) is 17.4. The van der Waals surface area contributed by atoms with Gasteiger partial charge in [-0.2, -0.15) is 0 Å². The Hall–Kier alpha value is -0.910. The second kappa shape index (κ2) is 5.23.